The highest BCUT2D eigenvalue weighted by atomic mass is 35.5. The van der Waals surface area contributed by atoms with Crippen molar-refractivity contribution in [3.05, 3.63) is 128 Å². The maximum absolute atomic E-state index is 6.63. The summed E-state index contributed by atoms with van der Waals surface area (Å²) in [6.45, 7) is 18.7. The highest BCUT2D eigenvalue weighted by Gasteiger charge is 2.53. The molecule has 0 unspecified atom stereocenters. The second-order valence-electron chi connectivity index (χ2n) is 13.6. The van der Waals surface area contributed by atoms with E-state index in [0.29, 0.717) is 0 Å². The molecule has 1 heteroatoms. The van der Waals surface area contributed by atoms with Crippen LogP contribution in [-0.2, 0) is 21.7 Å². The molecule has 4 aromatic rings. The zero-order valence-electron chi connectivity index (χ0n) is 23.4. The lowest BCUT2D eigenvalue weighted by molar-refractivity contribution is 0.544. The van der Waals surface area contributed by atoms with Crippen molar-refractivity contribution in [2.24, 2.45) is 0 Å². The van der Waals surface area contributed by atoms with Crippen LogP contribution in [0.4, 0.5) is 0 Å². The zero-order chi connectivity index (χ0) is 26.5. The number of rotatable bonds is 0. The first kappa shape index (κ1) is 24.5. The molecule has 0 heterocycles. The van der Waals surface area contributed by atoms with E-state index < -0.39 is 0 Å². The molecule has 2 aliphatic carbocycles. The fourth-order valence-corrected chi connectivity index (χ4v) is 7.03. The van der Waals surface area contributed by atoms with Gasteiger partial charge in [-0.15, -0.1) is 0 Å². The molecule has 0 radical (unpaired) electrons. The average Bonchev–Trinajstić information content (AvgIpc) is 3.12. The second-order valence-corrected chi connectivity index (χ2v) is 14.1. The Morgan fingerprint density at radius 2 is 1.00 bits per heavy atom. The molecule has 0 bridgehead atoms. The Kier molecular flexibility index (Phi) is 5.04. The van der Waals surface area contributed by atoms with Gasteiger partial charge in [0.05, 0.1) is 5.41 Å². The molecule has 0 aliphatic heterocycles. The maximum Gasteiger partial charge on any atom is 0.0719 e. The van der Waals surface area contributed by atoms with Crippen LogP contribution in [0, 0.1) is 0 Å². The molecule has 0 nitrogen and oxygen atoms in total. The molecule has 188 valence electrons. The van der Waals surface area contributed by atoms with Crippen LogP contribution >= 0.6 is 11.6 Å². The van der Waals surface area contributed by atoms with Gasteiger partial charge in [0.2, 0.25) is 0 Å². The normalized spacial score (nSPS) is 16.7. The summed E-state index contributed by atoms with van der Waals surface area (Å²) in [6.07, 6.45) is 0. The summed E-state index contributed by atoms with van der Waals surface area (Å²) >= 11 is 6.63. The summed E-state index contributed by atoms with van der Waals surface area (Å²) in [5.74, 6) is 0. The van der Waals surface area contributed by atoms with E-state index in [0.717, 1.165) is 5.02 Å². The van der Waals surface area contributed by atoms with Crippen LogP contribution in [0.15, 0.2) is 78.9 Å². The van der Waals surface area contributed by atoms with Gasteiger partial charge < -0.3 is 0 Å². The summed E-state index contributed by atoms with van der Waals surface area (Å²) in [4.78, 5) is 0. The molecular formula is C36H37Cl. The predicted octanol–water partition coefficient (Wildman–Crippen LogP) is 9.94. The van der Waals surface area contributed by atoms with Crippen molar-refractivity contribution >= 4 is 11.6 Å². The van der Waals surface area contributed by atoms with Crippen molar-refractivity contribution in [2.45, 2.75) is 77.0 Å². The van der Waals surface area contributed by atoms with Gasteiger partial charge in [0.15, 0.2) is 0 Å². The van der Waals surface area contributed by atoms with Crippen molar-refractivity contribution in [3.8, 4) is 11.1 Å². The average molecular weight is 505 g/mol. The quantitative estimate of drug-likeness (QED) is 0.197. The Morgan fingerprint density at radius 1 is 0.514 bits per heavy atom. The van der Waals surface area contributed by atoms with E-state index >= 15 is 0 Å². The van der Waals surface area contributed by atoms with Crippen molar-refractivity contribution in [3.63, 3.8) is 0 Å². The number of hydrogen-bond donors (Lipinski definition) is 0. The van der Waals surface area contributed by atoms with Crippen LogP contribution < -0.4 is 0 Å². The van der Waals surface area contributed by atoms with Crippen LogP contribution in [-0.4, -0.2) is 0 Å². The molecule has 4 aromatic carbocycles. The van der Waals surface area contributed by atoms with E-state index in [4.69, 9.17) is 11.6 Å². The van der Waals surface area contributed by atoms with Gasteiger partial charge in [0.25, 0.3) is 0 Å². The highest BCUT2D eigenvalue weighted by molar-refractivity contribution is 6.31. The van der Waals surface area contributed by atoms with Crippen LogP contribution in [0.1, 0.15) is 99.9 Å². The molecule has 0 saturated carbocycles. The van der Waals surface area contributed by atoms with Gasteiger partial charge in [0, 0.05) is 10.4 Å². The first-order chi connectivity index (χ1) is 17.3. The second kappa shape index (κ2) is 7.61. The molecule has 0 amide bonds. The molecule has 1 spiro atoms. The van der Waals surface area contributed by atoms with E-state index in [-0.39, 0.29) is 21.7 Å². The Hall–Kier alpha value is -2.83. The Bertz CT molecular complexity index is 1500. The third kappa shape index (κ3) is 3.28. The van der Waals surface area contributed by atoms with Gasteiger partial charge in [0.1, 0.15) is 0 Å². The van der Waals surface area contributed by atoms with Crippen molar-refractivity contribution in [2.75, 3.05) is 0 Å². The van der Waals surface area contributed by atoms with Crippen LogP contribution in [0.2, 0.25) is 5.02 Å². The third-order valence-corrected chi connectivity index (χ3v) is 9.17. The summed E-state index contributed by atoms with van der Waals surface area (Å²) in [5.41, 5.74) is 13.2. The number of fused-ring (bicyclic) bond motifs is 9. The van der Waals surface area contributed by atoms with E-state index in [9.17, 15) is 0 Å². The summed E-state index contributed by atoms with van der Waals surface area (Å²) in [5, 5.41) is 0.786. The van der Waals surface area contributed by atoms with Gasteiger partial charge in [-0.1, -0.05) is 134 Å². The van der Waals surface area contributed by atoms with Gasteiger partial charge in [-0.05, 0) is 78.6 Å². The van der Waals surface area contributed by atoms with E-state index in [2.05, 4.69) is 134 Å². The Morgan fingerprint density at radius 3 is 1.54 bits per heavy atom. The Labute approximate surface area is 227 Å². The van der Waals surface area contributed by atoms with Crippen LogP contribution in [0.5, 0.6) is 0 Å². The van der Waals surface area contributed by atoms with Gasteiger partial charge in [-0.3, -0.25) is 0 Å². The third-order valence-electron chi connectivity index (χ3n) is 8.93. The largest absolute Gasteiger partial charge is 0.0843 e. The number of hydrogen-bond acceptors (Lipinski definition) is 0. The zero-order valence-corrected chi connectivity index (χ0v) is 24.1. The minimum Gasteiger partial charge on any atom is -0.0843 e. The fraction of sp³-hybridized carbons (Fsp3) is 0.333. The van der Waals surface area contributed by atoms with E-state index in [1.807, 2.05) is 0 Å². The lowest BCUT2D eigenvalue weighted by Gasteiger charge is -2.47. The fourth-order valence-electron chi connectivity index (χ4n) is 6.86. The smallest absolute Gasteiger partial charge is 0.0719 e. The molecule has 0 saturated heterocycles. The van der Waals surface area contributed by atoms with Crippen LogP contribution in [0.3, 0.4) is 0 Å². The first-order valence-corrected chi connectivity index (χ1v) is 13.9. The lowest BCUT2D eigenvalue weighted by Crippen LogP contribution is -2.41. The molecule has 6 rings (SSSR count). The summed E-state index contributed by atoms with van der Waals surface area (Å²) in [6, 6.07) is 30.1. The molecule has 0 N–H and O–H groups in total. The predicted molar refractivity (Wildman–Crippen MR) is 158 cm³/mol. The topological polar surface area (TPSA) is 0 Å². The monoisotopic (exact) mass is 504 g/mol. The summed E-state index contributed by atoms with van der Waals surface area (Å²) < 4.78 is 0. The van der Waals surface area contributed by atoms with Gasteiger partial charge in [-0.25, -0.2) is 0 Å². The van der Waals surface area contributed by atoms with Crippen molar-refractivity contribution < 1.29 is 0 Å². The standard InChI is InChI=1S/C36H37Cl/c1-33(2,3)22-13-16-29-31(19-22)36(32-20-23(34(4,5)6)14-17-30(32)35(29,7)8)27-12-10-9-11-25(27)26-21-24(37)15-18-28(26)36/h9-21H,1-8H3. The van der Waals surface area contributed by atoms with Crippen molar-refractivity contribution in [1.82, 2.24) is 0 Å². The molecule has 2 aliphatic rings. The minimum atomic E-state index is -0.390. The highest BCUT2D eigenvalue weighted by Crippen LogP contribution is 2.62. The maximum atomic E-state index is 6.63. The van der Waals surface area contributed by atoms with Crippen LogP contribution in [0.25, 0.3) is 11.1 Å². The molecule has 37 heavy (non-hydrogen) atoms. The SMILES string of the molecule is CC(C)(C)c1ccc2c(c1)C1(c3ccccc3-c3cc(Cl)ccc31)c1cc(C(C)(C)C)ccc1C2(C)C. The number of benzene rings is 4. The molecular weight excluding hydrogens is 468 g/mol. The molecule has 0 fully saturated rings. The van der Waals surface area contributed by atoms with Gasteiger partial charge >= 0.3 is 0 Å². The van der Waals surface area contributed by atoms with E-state index in [1.165, 1.54) is 55.6 Å². The van der Waals surface area contributed by atoms with Crippen molar-refractivity contribution in [1.29, 1.82) is 0 Å². The lowest BCUT2D eigenvalue weighted by atomic mass is 9.54. The summed E-state index contributed by atoms with van der Waals surface area (Å²) in [7, 11) is 0. The Balaban J connectivity index is 1.86. The molecule has 0 aromatic heterocycles. The number of halogens is 1. The van der Waals surface area contributed by atoms with Gasteiger partial charge in [-0.2, -0.15) is 0 Å². The minimum absolute atomic E-state index is 0.0504. The first-order valence-electron chi connectivity index (χ1n) is 13.5. The molecule has 0 atom stereocenters. The van der Waals surface area contributed by atoms with E-state index in [1.54, 1.807) is 0 Å².